The molecule has 0 bridgehead atoms. The Morgan fingerprint density at radius 1 is 1.17 bits per heavy atom. The maximum Gasteiger partial charge on any atom is 0.224 e. The minimum atomic E-state index is 0.200. The minimum absolute atomic E-state index is 0.200. The summed E-state index contributed by atoms with van der Waals surface area (Å²) < 4.78 is 0. The third-order valence-corrected chi connectivity index (χ3v) is 6.55. The van der Waals surface area contributed by atoms with E-state index in [2.05, 4.69) is 48.7 Å². The van der Waals surface area contributed by atoms with Crippen LogP contribution in [-0.2, 0) is 10.2 Å². The third kappa shape index (κ3) is 2.59. The first-order valence-corrected chi connectivity index (χ1v) is 9.12. The van der Waals surface area contributed by atoms with E-state index in [-0.39, 0.29) is 17.4 Å². The normalized spacial score (nSPS) is 30.5. The lowest BCUT2D eigenvalue weighted by Crippen LogP contribution is -2.38. The molecular formula is C20H28N2O. The number of piperidine rings is 1. The molecule has 2 aliphatic carbocycles. The number of carbonyl (C=O) groups excluding carboxylic acids is 1. The molecule has 1 heterocycles. The summed E-state index contributed by atoms with van der Waals surface area (Å²) in [5.41, 5.74) is 3.28. The van der Waals surface area contributed by atoms with Crippen molar-refractivity contribution in [1.29, 1.82) is 0 Å². The second kappa shape index (κ2) is 5.34. The van der Waals surface area contributed by atoms with E-state index in [4.69, 9.17) is 0 Å². The molecule has 124 valence electrons. The minimum Gasteiger partial charge on any atom is -0.349 e. The molecule has 1 aromatic rings. The van der Waals surface area contributed by atoms with E-state index in [9.17, 15) is 4.79 Å². The van der Waals surface area contributed by atoms with Crippen molar-refractivity contribution in [2.75, 3.05) is 13.1 Å². The Balaban J connectivity index is 1.49. The Hall–Kier alpha value is -1.35. The Morgan fingerprint density at radius 2 is 1.91 bits per heavy atom. The van der Waals surface area contributed by atoms with Crippen molar-refractivity contribution in [3.8, 4) is 0 Å². The van der Waals surface area contributed by atoms with Crippen LogP contribution in [0.25, 0.3) is 0 Å². The number of hydrogen-bond acceptors (Lipinski definition) is 2. The maximum absolute atomic E-state index is 12.8. The summed E-state index contributed by atoms with van der Waals surface area (Å²) in [6, 6.07) is 8.86. The van der Waals surface area contributed by atoms with Crippen LogP contribution in [0.1, 0.15) is 63.1 Å². The highest BCUT2D eigenvalue weighted by Crippen LogP contribution is 2.58. The van der Waals surface area contributed by atoms with Crippen molar-refractivity contribution in [2.45, 2.75) is 57.4 Å². The smallest absolute Gasteiger partial charge is 0.224 e. The molecule has 1 aromatic carbocycles. The fraction of sp³-hybridized carbons (Fsp3) is 0.650. The molecule has 1 saturated heterocycles. The first kappa shape index (κ1) is 15.2. The highest BCUT2D eigenvalue weighted by molar-refractivity contribution is 5.83. The molecule has 3 nitrogen and oxygen atoms in total. The maximum atomic E-state index is 12.8. The molecule has 1 spiro atoms. The van der Waals surface area contributed by atoms with Gasteiger partial charge in [0, 0.05) is 5.92 Å². The first-order chi connectivity index (χ1) is 11.0. The zero-order chi connectivity index (χ0) is 16.1. The topological polar surface area (TPSA) is 41.1 Å². The lowest BCUT2D eigenvalue weighted by molar-refractivity contribution is -0.124. The van der Waals surface area contributed by atoms with Crippen LogP contribution in [0, 0.1) is 11.3 Å². The highest BCUT2D eigenvalue weighted by Gasteiger charge is 2.57. The largest absolute Gasteiger partial charge is 0.349 e. The van der Waals surface area contributed by atoms with Crippen LogP contribution in [-0.4, -0.2) is 19.0 Å². The second-order valence-electron chi connectivity index (χ2n) is 8.44. The van der Waals surface area contributed by atoms with Crippen LogP contribution in [0.4, 0.5) is 0 Å². The lowest BCUT2D eigenvalue weighted by atomic mass is 9.71. The van der Waals surface area contributed by atoms with Gasteiger partial charge >= 0.3 is 0 Å². The van der Waals surface area contributed by atoms with Crippen molar-refractivity contribution < 1.29 is 4.79 Å². The molecule has 1 amide bonds. The molecule has 2 N–H and O–H groups in total. The average molecular weight is 312 g/mol. The van der Waals surface area contributed by atoms with E-state index in [0.717, 1.165) is 32.4 Å². The lowest BCUT2D eigenvalue weighted by Gasteiger charge is -2.37. The molecule has 1 saturated carbocycles. The van der Waals surface area contributed by atoms with Crippen LogP contribution in [0.3, 0.4) is 0 Å². The fourth-order valence-electron chi connectivity index (χ4n) is 4.83. The van der Waals surface area contributed by atoms with E-state index in [0.29, 0.717) is 11.3 Å². The number of fused-ring (bicyclic) bond motifs is 1. The number of carbonyl (C=O) groups is 1. The van der Waals surface area contributed by atoms with Gasteiger partial charge in [-0.05, 0) is 67.2 Å². The van der Waals surface area contributed by atoms with Gasteiger partial charge < -0.3 is 10.6 Å². The average Bonchev–Trinajstić information content (AvgIpc) is 3.24. The van der Waals surface area contributed by atoms with Crippen molar-refractivity contribution >= 4 is 5.91 Å². The van der Waals surface area contributed by atoms with Crippen molar-refractivity contribution in [1.82, 2.24) is 10.6 Å². The Morgan fingerprint density at radius 3 is 2.70 bits per heavy atom. The van der Waals surface area contributed by atoms with Crippen LogP contribution in [0.2, 0.25) is 0 Å². The van der Waals surface area contributed by atoms with Gasteiger partial charge in [-0.15, -0.1) is 0 Å². The van der Waals surface area contributed by atoms with Crippen LogP contribution < -0.4 is 10.6 Å². The fourth-order valence-corrected chi connectivity index (χ4v) is 4.83. The molecule has 3 heteroatoms. The first-order valence-electron chi connectivity index (χ1n) is 9.12. The standard InChI is InChI=1S/C20H28N2O/c1-19(2)8-7-17(14-5-3-4-6-15(14)19)22-18(23)16-13-20(16)9-11-21-12-10-20/h3-6,16-17,21H,7-13H2,1-2H3,(H,22,23). The van der Waals surface area contributed by atoms with Crippen molar-refractivity contribution in [3.05, 3.63) is 35.4 Å². The van der Waals surface area contributed by atoms with Crippen LogP contribution >= 0.6 is 0 Å². The Bertz CT molecular complexity index is 616. The summed E-state index contributed by atoms with van der Waals surface area (Å²) in [5.74, 6) is 0.554. The van der Waals surface area contributed by atoms with Gasteiger partial charge in [-0.25, -0.2) is 0 Å². The molecule has 0 aromatic heterocycles. The van der Waals surface area contributed by atoms with E-state index in [1.165, 1.54) is 24.0 Å². The van der Waals surface area contributed by atoms with E-state index in [1.807, 2.05) is 0 Å². The van der Waals surface area contributed by atoms with Gasteiger partial charge in [-0.1, -0.05) is 38.1 Å². The molecule has 2 unspecified atom stereocenters. The second-order valence-corrected chi connectivity index (χ2v) is 8.44. The van der Waals surface area contributed by atoms with Crippen molar-refractivity contribution in [3.63, 3.8) is 0 Å². The molecular weight excluding hydrogens is 284 g/mol. The molecule has 3 aliphatic rings. The quantitative estimate of drug-likeness (QED) is 0.880. The monoisotopic (exact) mass is 312 g/mol. The third-order valence-electron chi connectivity index (χ3n) is 6.55. The number of rotatable bonds is 2. The number of nitrogens with one attached hydrogen (secondary N) is 2. The number of hydrogen-bond donors (Lipinski definition) is 2. The zero-order valence-electron chi connectivity index (χ0n) is 14.3. The molecule has 1 aliphatic heterocycles. The van der Waals surface area contributed by atoms with Gasteiger partial charge in [0.25, 0.3) is 0 Å². The molecule has 23 heavy (non-hydrogen) atoms. The summed E-state index contributed by atoms with van der Waals surface area (Å²) in [7, 11) is 0. The van der Waals surface area contributed by atoms with Gasteiger partial charge in [0.15, 0.2) is 0 Å². The van der Waals surface area contributed by atoms with Gasteiger partial charge in [0.05, 0.1) is 6.04 Å². The number of amides is 1. The Kier molecular flexibility index (Phi) is 3.53. The van der Waals surface area contributed by atoms with Crippen LogP contribution in [0.15, 0.2) is 24.3 Å². The van der Waals surface area contributed by atoms with E-state index >= 15 is 0 Å². The Labute approximate surface area is 139 Å². The van der Waals surface area contributed by atoms with Gasteiger partial charge in [-0.2, -0.15) is 0 Å². The van der Waals surface area contributed by atoms with E-state index < -0.39 is 0 Å². The SMILES string of the molecule is CC1(C)CCC(NC(=O)C2CC23CCNCC3)c2ccccc21. The van der Waals surface area contributed by atoms with Crippen LogP contribution in [0.5, 0.6) is 0 Å². The predicted molar refractivity (Wildman–Crippen MR) is 92.2 cm³/mol. The van der Waals surface area contributed by atoms with E-state index in [1.54, 1.807) is 0 Å². The summed E-state index contributed by atoms with van der Waals surface area (Å²) in [5, 5.41) is 6.80. The van der Waals surface area contributed by atoms with Crippen molar-refractivity contribution in [2.24, 2.45) is 11.3 Å². The molecule has 0 radical (unpaired) electrons. The summed E-state index contributed by atoms with van der Waals surface area (Å²) in [6.45, 7) is 6.78. The summed E-state index contributed by atoms with van der Waals surface area (Å²) in [6.07, 6.45) is 5.62. The molecule has 2 fully saturated rings. The molecule has 2 atom stereocenters. The summed E-state index contributed by atoms with van der Waals surface area (Å²) in [4.78, 5) is 12.8. The zero-order valence-corrected chi connectivity index (χ0v) is 14.3. The van der Waals surface area contributed by atoms with Gasteiger partial charge in [0.1, 0.15) is 0 Å². The number of benzene rings is 1. The summed E-state index contributed by atoms with van der Waals surface area (Å²) >= 11 is 0. The highest BCUT2D eigenvalue weighted by atomic mass is 16.2. The van der Waals surface area contributed by atoms with Gasteiger partial charge in [-0.3, -0.25) is 4.79 Å². The molecule has 4 rings (SSSR count). The predicted octanol–water partition coefficient (Wildman–Crippen LogP) is 3.31. The van der Waals surface area contributed by atoms with Gasteiger partial charge in [0.2, 0.25) is 5.91 Å².